The summed E-state index contributed by atoms with van der Waals surface area (Å²) in [6.07, 6.45) is 0. The Balaban J connectivity index is 1.81. The Bertz CT molecular complexity index is 809. The number of nitrogens with one attached hydrogen (secondary N) is 3. The van der Waals surface area contributed by atoms with Gasteiger partial charge >= 0.3 is 0 Å². The first kappa shape index (κ1) is 19.7. The third-order valence-electron chi connectivity index (χ3n) is 3.66. The average molecular weight is 418 g/mol. The van der Waals surface area contributed by atoms with Crippen LogP contribution in [0.5, 0.6) is 0 Å². The van der Waals surface area contributed by atoms with Gasteiger partial charge in [0.1, 0.15) is 6.04 Å². The van der Waals surface area contributed by atoms with E-state index in [9.17, 15) is 14.4 Å². The molecule has 2 rings (SSSR count). The average Bonchev–Trinajstić information content (AvgIpc) is 2.62. The first-order valence-electron chi connectivity index (χ1n) is 8.06. The van der Waals surface area contributed by atoms with Crippen LogP contribution in [-0.4, -0.2) is 30.3 Å². The van der Waals surface area contributed by atoms with Crippen molar-refractivity contribution in [2.24, 2.45) is 0 Å². The maximum absolute atomic E-state index is 12.1. The second kappa shape index (κ2) is 9.15. The van der Waals surface area contributed by atoms with Crippen molar-refractivity contribution in [1.82, 2.24) is 10.6 Å². The van der Waals surface area contributed by atoms with Crippen LogP contribution in [0.25, 0.3) is 0 Å². The molecule has 2 aromatic carbocycles. The number of amides is 3. The summed E-state index contributed by atoms with van der Waals surface area (Å²) >= 11 is 3.36. The second-order valence-electron chi connectivity index (χ2n) is 5.79. The lowest BCUT2D eigenvalue weighted by atomic mass is 10.2. The molecular formula is C19H20BrN3O3. The summed E-state index contributed by atoms with van der Waals surface area (Å²) in [6.45, 7) is 3.26. The highest BCUT2D eigenvalue weighted by Gasteiger charge is 2.17. The Morgan fingerprint density at radius 2 is 1.77 bits per heavy atom. The van der Waals surface area contributed by atoms with Crippen LogP contribution in [0.15, 0.2) is 53.0 Å². The minimum absolute atomic E-state index is 0.181. The molecule has 3 N–H and O–H groups in total. The molecule has 6 nitrogen and oxygen atoms in total. The molecule has 7 heteroatoms. The zero-order valence-corrected chi connectivity index (χ0v) is 16.1. The molecule has 0 saturated carbocycles. The highest BCUT2D eigenvalue weighted by Crippen LogP contribution is 2.19. The van der Waals surface area contributed by atoms with Crippen LogP contribution in [0, 0.1) is 6.92 Å². The van der Waals surface area contributed by atoms with Crippen molar-refractivity contribution in [3.8, 4) is 0 Å². The Morgan fingerprint density at radius 1 is 1.08 bits per heavy atom. The van der Waals surface area contributed by atoms with E-state index in [0.717, 1.165) is 10.0 Å². The molecule has 26 heavy (non-hydrogen) atoms. The SMILES string of the molecule is Cc1cc(Br)ccc1NC(=O)CNC(=O)C(C)NC(=O)c1ccccc1. The molecule has 3 amide bonds. The van der Waals surface area contributed by atoms with E-state index < -0.39 is 11.9 Å². The van der Waals surface area contributed by atoms with Gasteiger partial charge in [-0.1, -0.05) is 34.1 Å². The molecule has 0 radical (unpaired) electrons. The fraction of sp³-hybridized carbons (Fsp3) is 0.211. The number of carbonyl (C=O) groups is 3. The quantitative estimate of drug-likeness (QED) is 0.674. The van der Waals surface area contributed by atoms with Crippen molar-refractivity contribution in [3.05, 3.63) is 64.1 Å². The molecule has 0 aliphatic rings. The van der Waals surface area contributed by atoms with Gasteiger partial charge < -0.3 is 16.0 Å². The summed E-state index contributed by atoms with van der Waals surface area (Å²) in [6, 6.07) is 13.3. The molecule has 136 valence electrons. The van der Waals surface area contributed by atoms with Gasteiger partial charge in [-0.05, 0) is 49.7 Å². The Hall–Kier alpha value is -2.67. The van der Waals surface area contributed by atoms with Gasteiger partial charge in [0, 0.05) is 15.7 Å². The molecule has 0 spiro atoms. The number of benzene rings is 2. The fourth-order valence-electron chi connectivity index (χ4n) is 2.22. The van der Waals surface area contributed by atoms with Crippen LogP contribution in [0.3, 0.4) is 0 Å². The lowest BCUT2D eigenvalue weighted by Gasteiger charge is -2.14. The van der Waals surface area contributed by atoms with E-state index in [1.54, 1.807) is 43.3 Å². The summed E-state index contributed by atoms with van der Waals surface area (Å²) in [7, 11) is 0. The van der Waals surface area contributed by atoms with Gasteiger partial charge in [0.05, 0.1) is 6.54 Å². The van der Waals surface area contributed by atoms with Crippen LogP contribution in [-0.2, 0) is 9.59 Å². The van der Waals surface area contributed by atoms with E-state index >= 15 is 0 Å². The molecule has 0 aromatic heterocycles. The maximum Gasteiger partial charge on any atom is 0.251 e. The van der Waals surface area contributed by atoms with Gasteiger partial charge in [-0.15, -0.1) is 0 Å². The van der Waals surface area contributed by atoms with Crippen molar-refractivity contribution < 1.29 is 14.4 Å². The Labute approximate surface area is 160 Å². The second-order valence-corrected chi connectivity index (χ2v) is 6.70. The maximum atomic E-state index is 12.1. The first-order chi connectivity index (χ1) is 12.4. The molecule has 0 saturated heterocycles. The topological polar surface area (TPSA) is 87.3 Å². The Morgan fingerprint density at radius 3 is 2.42 bits per heavy atom. The number of aryl methyl sites for hydroxylation is 1. The number of carbonyl (C=O) groups excluding carboxylic acids is 3. The first-order valence-corrected chi connectivity index (χ1v) is 8.85. The zero-order valence-electron chi connectivity index (χ0n) is 14.5. The number of rotatable bonds is 6. The van der Waals surface area contributed by atoms with Gasteiger partial charge in [0.15, 0.2) is 0 Å². The zero-order chi connectivity index (χ0) is 19.1. The van der Waals surface area contributed by atoms with E-state index in [4.69, 9.17) is 0 Å². The summed E-state index contributed by atoms with van der Waals surface area (Å²) in [5.41, 5.74) is 2.05. The third kappa shape index (κ3) is 5.70. The summed E-state index contributed by atoms with van der Waals surface area (Å²) < 4.78 is 0.921. The van der Waals surface area contributed by atoms with Gasteiger partial charge in [-0.25, -0.2) is 0 Å². The number of anilines is 1. The van der Waals surface area contributed by atoms with E-state index in [1.807, 2.05) is 19.1 Å². The normalized spacial score (nSPS) is 11.3. The number of hydrogen-bond donors (Lipinski definition) is 3. The van der Waals surface area contributed by atoms with Crippen molar-refractivity contribution in [3.63, 3.8) is 0 Å². The van der Waals surface area contributed by atoms with Gasteiger partial charge in [-0.2, -0.15) is 0 Å². The highest BCUT2D eigenvalue weighted by molar-refractivity contribution is 9.10. The van der Waals surface area contributed by atoms with Crippen molar-refractivity contribution >= 4 is 39.3 Å². The largest absolute Gasteiger partial charge is 0.345 e. The molecule has 0 bridgehead atoms. The van der Waals surface area contributed by atoms with E-state index in [0.29, 0.717) is 11.3 Å². The van der Waals surface area contributed by atoms with Gasteiger partial charge in [0.25, 0.3) is 5.91 Å². The minimum atomic E-state index is -0.759. The number of halogens is 1. The molecule has 0 heterocycles. The highest BCUT2D eigenvalue weighted by atomic mass is 79.9. The Kier molecular flexibility index (Phi) is 6.91. The molecule has 1 unspecified atom stereocenters. The van der Waals surface area contributed by atoms with Gasteiger partial charge in [-0.3, -0.25) is 14.4 Å². The van der Waals surface area contributed by atoms with Crippen LogP contribution in [0.4, 0.5) is 5.69 Å². The third-order valence-corrected chi connectivity index (χ3v) is 4.16. The molecule has 0 aliphatic heterocycles. The van der Waals surface area contributed by atoms with E-state index in [1.165, 1.54) is 0 Å². The van der Waals surface area contributed by atoms with Crippen LogP contribution in [0.2, 0.25) is 0 Å². The van der Waals surface area contributed by atoms with Crippen molar-refractivity contribution in [2.45, 2.75) is 19.9 Å². The van der Waals surface area contributed by atoms with Crippen molar-refractivity contribution in [1.29, 1.82) is 0 Å². The van der Waals surface area contributed by atoms with Crippen molar-refractivity contribution in [2.75, 3.05) is 11.9 Å². The van der Waals surface area contributed by atoms with Crippen LogP contribution < -0.4 is 16.0 Å². The number of hydrogen-bond acceptors (Lipinski definition) is 3. The van der Waals surface area contributed by atoms with Crippen LogP contribution >= 0.6 is 15.9 Å². The smallest absolute Gasteiger partial charge is 0.251 e. The lowest BCUT2D eigenvalue weighted by molar-refractivity contribution is -0.125. The molecule has 2 aromatic rings. The molecule has 0 fully saturated rings. The fourth-order valence-corrected chi connectivity index (χ4v) is 2.69. The molecular weight excluding hydrogens is 398 g/mol. The standard InChI is InChI=1S/C19H20BrN3O3/c1-12-10-15(20)8-9-16(12)23-17(24)11-21-18(25)13(2)22-19(26)14-6-4-3-5-7-14/h3-10,13H,11H2,1-2H3,(H,21,25)(H,22,26)(H,23,24). The van der Waals surface area contributed by atoms with Crippen LogP contribution in [0.1, 0.15) is 22.8 Å². The molecule has 0 aliphatic carbocycles. The predicted octanol–water partition coefficient (Wildman–Crippen LogP) is 2.63. The predicted molar refractivity (Wildman–Crippen MR) is 104 cm³/mol. The minimum Gasteiger partial charge on any atom is -0.345 e. The summed E-state index contributed by atoms with van der Waals surface area (Å²) in [5.74, 6) is -1.12. The summed E-state index contributed by atoms with van der Waals surface area (Å²) in [5, 5.41) is 7.85. The van der Waals surface area contributed by atoms with E-state index in [-0.39, 0.29) is 18.4 Å². The monoisotopic (exact) mass is 417 g/mol. The summed E-state index contributed by atoms with van der Waals surface area (Å²) in [4.78, 5) is 36.1. The molecule has 1 atom stereocenters. The van der Waals surface area contributed by atoms with Gasteiger partial charge in [0.2, 0.25) is 11.8 Å². The lowest BCUT2D eigenvalue weighted by Crippen LogP contribution is -2.46. The van der Waals surface area contributed by atoms with E-state index in [2.05, 4.69) is 31.9 Å².